The second-order valence-corrected chi connectivity index (χ2v) is 5.47. The molecule has 0 bridgehead atoms. The van der Waals surface area contributed by atoms with E-state index in [0.29, 0.717) is 19.6 Å². The Balaban J connectivity index is 1.62. The molecule has 1 amide bonds. The summed E-state index contributed by atoms with van der Waals surface area (Å²) < 4.78 is 6.51. The molecule has 0 unspecified atom stereocenters. The van der Waals surface area contributed by atoms with Gasteiger partial charge in [-0.15, -0.1) is 0 Å². The summed E-state index contributed by atoms with van der Waals surface area (Å²) in [6.07, 6.45) is 1.26. The van der Waals surface area contributed by atoms with E-state index in [0.717, 1.165) is 16.6 Å². The van der Waals surface area contributed by atoms with E-state index in [1.807, 2.05) is 54.6 Å². The molecule has 0 saturated carbocycles. The molecule has 0 radical (unpaired) electrons. The van der Waals surface area contributed by atoms with E-state index in [9.17, 15) is 4.79 Å². The average Bonchev–Trinajstić information content (AvgIpc) is 2.52. The Morgan fingerprint density at radius 1 is 1.05 bits per heavy atom. The standard InChI is InChI=1S/C17H18BrNO2/c18-15-8-4-5-9-16(15)21-13-12-19-17(20)11-10-14-6-2-1-3-7-14/h1-9H,10-13H2,(H,19,20). The molecule has 0 aliphatic heterocycles. The minimum atomic E-state index is 0.0505. The van der Waals surface area contributed by atoms with Crippen LogP contribution < -0.4 is 10.1 Å². The number of halogens is 1. The van der Waals surface area contributed by atoms with Crippen molar-refractivity contribution in [3.8, 4) is 5.75 Å². The van der Waals surface area contributed by atoms with Gasteiger partial charge in [0.15, 0.2) is 0 Å². The topological polar surface area (TPSA) is 38.3 Å². The number of benzene rings is 2. The first-order valence-corrected chi connectivity index (χ1v) is 7.73. The lowest BCUT2D eigenvalue weighted by Crippen LogP contribution is -2.28. The number of hydrogen-bond donors (Lipinski definition) is 1. The van der Waals surface area contributed by atoms with Crippen molar-refractivity contribution in [3.05, 3.63) is 64.6 Å². The molecule has 1 N–H and O–H groups in total. The minimum absolute atomic E-state index is 0.0505. The quantitative estimate of drug-likeness (QED) is 0.777. The van der Waals surface area contributed by atoms with Crippen molar-refractivity contribution in [2.45, 2.75) is 12.8 Å². The molecule has 0 aliphatic carbocycles. The van der Waals surface area contributed by atoms with Gasteiger partial charge in [-0.25, -0.2) is 0 Å². The Morgan fingerprint density at radius 3 is 2.52 bits per heavy atom. The zero-order valence-electron chi connectivity index (χ0n) is 11.7. The molecule has 21 heavy (non-hydrogen) atoms. The van der Waals surface area contributed by atoms with E-state index in [4.69, 9.17) is 4.74 Å². The Labute approximate surface area is 133 Å². The highest BCUT2D eigenvalue weighted by molar-refractivity contribution is 9.10. The number of nitrogens with one attached hydrogen (secondary N) is 1. The maximum atomic E-state index is 11.7. The minimum Gasteiger partial charge on any atom is -0.491 e. The van der Waals surface area contributed by atoms with Crippen LogP contribution in [0.2, 0.25) is 0 Å². The zero-order valence-corrected chi connectivity index (χ0v) is 13.3. The Bertz CT molecular complexity index is 572. The lowest BCUT2D eigenvalue weighted by molar-refractivity contribution is -0.121. The van der Waals surface area contributed by atoms with Gasteiger partial charge >= 0.3 is 0 Å². The third-order valence-corrected chi connectivity index (χ3v) is 3.66. The van der Waals surface area contributed by atoms with Gasteiger partial charge in [0, 0.05) is 6.42 Å². The van der Waals surface area contributed by atoms with E-state index in [1.54, 1.807) is 0 Å². The highest BCUT2D eigenvalue weighted by Crippen LogP contribution is 2.23. The predicted molar refractivity (Wildman–Crippen MR) is 87.4 cm³/mol. The van der Waals surface area contributed by atoms with Crippen LogP contribution in [-0.2, 0) is 11.2 Å². The summed E-state index contributed by atoms with van der Waals surface area (Å²) in [4.78, 5) is 11.7. The van der Waals surface area contributed by atoms with Crippen LogP contribution >= 0.6 is 15.9 Å². The van der Waals surface area contributed by atoms with E-state index in [2.05, 4.69) is 21.2 Å². The predicted octanol–water partition coefficient (Wildman–Crippen LogP) is 3.58. The normalized spacial score (nSPS) is 10.1. The molecular weight excluding hydrogens is 330 g/mol. The maximum Gasteiger partial charge on any atom is 0.220 e. The Morgan fingerprint density at radius 2 is 1.76 bits per heavy atom. The van der Waals surface area contributed by atoms with Gasteiger partial charge in [0.25, 0.3) is 0 Å². The lowest BCUT2D eigenvalue weighted by Gasteiger charge is -2.09. The van der Waals surface area contributed by atoms with Crippen molar-refractivity contribution in [1.29, 1.82) is 0 Å². The van der Waals surface area contributed by atoms with Gasteiger partial charge in [-0.1, -0.05) is 42.5 Å². The van der Waals surface area contributed by atoms with Crippen LogP contribution in [-0.4, -0.2) is 19.1 Å². The summed E-state index contributed by atoms with van der Waals surface area (Å²) in [7, 11) is 0. The number of aryl methyl sites for hydroxylation is 1. The fourth-order valence-corrected chi connectivity index (χ4v) is 2.30. The first kappa shape index (κ1) is 15.6. The molecule has 0 fully saturated rings. The second-order valence-electron chi connectivity index (χ2n) is 4.61. The van der Waals surface area contributed by atoms with Crippen molar-refractivity contribution in [3.63, 3.8) is 0 Å². The molecule has 0 spiro atoms. The summed E-state index contributed by atoms with van der Waals surface area (Å²) in [6, 6.07) is 17.7. The summed E-state index contributed by atoms with van der Waals surface area (Å²) in [5, 5.41) is 2.86. The molecule has 0 aliphatic rings. The highest BCUT2D eigenvalue weighted by atomic mass is 79.9. The molecule has 3 nitrogen and oxygen atoms in total. The number of carbonyl (C=O) groups is 1. The number of carbonyl (C=O) groups excluding carboxylic acids is 1. The fourth-order valence-electron chi connectivity index (χ4n) is 1.90. The van der Waals surface area contributed by atoms with Gasteiger partial charge in [0.05, 0.1) is 11.0 Å². The summed E-state index contributed by atoms with van der Waals surface area (Å²) in [6.45, 7) is 0.967. The van der Waals surface area contributed by atoms with Crippen molar-refractivity contribution in [2.75, 3.05) is 13.2 Å². The van der Waals surface area contributed by atoms with Gasteiger partial charge < -0.3 is 10.1 Å². The highest BCUT2D eigenvalue weighted by Gasteiger charge is 2.02. The number of amides is 1. The van der Waals surface area contributed by atoms with Crippen LogP contribution in [0.3, 0.4) is 0 Å². The van der Waals surface area contributed by atoms with Crippen LogP contribution in [0.15, 0.2) is 59.1 Å². The summed E-state index contributed by atoms with van der Waals surface area (Å²) in [5.41, 5.74) is 1.18. The van der Waals surface area contributed by atoms with E-state index in [1.165, 1.54) is 5.56 Å². The maximum absolute atomic E-state index is 11.7. The van der Waals surface area contributed by atoms with Gasteiger partial charge in [-0.2, -0.15) is 0 Å². The molecule has 4 heteroatoms. The molecule has 2 rings (SSSR count). The van der Waals surface area contributed by atoms with Gasteiger partial charge in [0.1, 0.15) is 12.4 Å². The van der Waals surface area contributed by atoms with Crippen molar-refractivity contribution < 1.29 is 9.53 Å². The number of para-hydroxylation sites is 1. The third-order valence-electron chi connectivity index (χ3n) is 3.00. The lowest BCUT2D eigenvalue weighted by atomic mass is 10.1. The summed E-state index contributed by atoms with van der Waals surface area (Å²) in [5.74, 6) is 0.839. The van der Waals surface area contributed by atoms with Crippen LogP contribution in [0, 0.1) is 0 Å². The first-order chi connectivity index (χ1) is 10.3. The smallest absolute Gasteiger partial charge is 0.220 e. The van der Waals surface area contributed by atoms with E-state index < -0.39 is 0 Å². The van der Waals surface area contributed by atoms with Crippen LogP contribution in [0.4, 0.5) is 0 Å². The van der Waals surface area contributed by atoms with Crippen molar-refractivity contribution in [2.24, 2.45) is 0 Å². The molecule has 2 aromatic rings. The van der Waals surface area contributed by atoms with Crippen molar-refractivity contribution >= 4 is 21.8 Å². The van der Waals surface area contributed by atoms with E-state index in [-0.39, 0.29) is 5.91 Å². The Kier molecular flexibility index (Phi) is 6.28. The number of hydrogen-bond acceptors (Lipinski definition) is 2. The summed E-state index contributed by atoms with van der Waals surface area (Å²) >= 11 is 3.42. The first-order valence-electron chi connectivity index (χ1n) is 6.93. The zero-order chi connectivity index (χ0) is 14.9. The fraction of sp³-hybridized carbons (Fsp3) is 0.235. The molecule has 0 heterocycles. The molecule has 110 valence electrons. The van der Waals surface area contributed by atoms with Gasteiger partial charge in [-0.05, 0) is 40.0 Å². The molecule has 2 aromatic carbocycles. The van der Waals surface area contributed by atoms with Crippen LogP contribution in [0.1, 0.15) is 12.0 Å². The largest absolute Gasteiger partial charge is 0.491 e. The monoisotopic (exact) mass is 347 g/mol. The van der Waals surface area contributed by atoms with Gasteiger partial charge in [-0.3, -0.25) is 4.79 Å². The molecule has 0 atom stereocenters. The van der Waals surface area contributed by atoms with Crippen LogP contribution in [0.25, 0.3) is 0 Å². The molecule has 0 saturated heterocycles. The van der Waals surface area contributed by atoms with E-state index >= 15 is 0 Å². The van der Waals surface area contributed by atoms with Crippen molar-refractivity contribution in [1.82, 2.24) is 5.32 Å². The number of rotatable bonds is 7. The third kappa shape index (κ3) is 5.60. The van der Waals surface area contributed by atoms with Crippen LogP contribution in [0.5, 0.6) is 5.75 Å². The Hall–Kier alpha value is -1.81. The van der Waals surface area contributed by atoms with Gasteiger partial charge in [0.2, 0.25) is 5.91 Å². The number of ether oxygens (including phenoxy) is 1. The molecular formula is C17H18BrNO2. The molecule has 0 aromatic heterocycles. The SMILES string of the molecule is O=C(CCc1ccccc1)NCCOc1ccccc1Br. The second kappa shape index (κ2) is 8.47. The average molecular weight is 348 g/mol.